The third-order valence-corrected chi connectivity index (χ3v) is 4.04. The first kappa shape index (κ1) is 16.5. The summed E-state index contributed by atoms with van der Waals surface area (Å²) < 4.78 is 5.77. The number of benzene rings is 1. The summed E-state index contributed by atoms with van der Waals surface area (Å²) in [4.78, 5) is 11.7. The van der Waals surface area contributed by atoms with Crippen molar-refractivity contribution in [2.75, 3.05) is 7.11 Å². The predicted octanol–water partition coefficient (Wildman–Crippen LogP) is 3.78. The van der Waals surface area contributed by atoms with Crippen LogP contribution in [0.3, 0.4) is 0 Å². The van der Waals surface area contributed by atoms with Gasteiger partial charge in [-0.1, -0.05) is 53.9 Å². The van der Waals surface area contributed by atoms with Crippen LogP contribution in [0.4, 0.5) is 0 Å². The largest absolute Gasteiger partial charge is 0.468 e. The topological polar surface area (TPSA) is 38.3 Å². The number of esters is 1. The number of ether oxygens (including phenoxy) is 1. The van der Waals surface area contributed by atoms with Crippen LogP contribution >= 0.6 is 27.5 Å². The fraction of sp³-hybridized carbons (Fsp3) is 0.500. The van der Waals surface area contributed by atoms with Crippen molar-refractivity contribution in [3.63, 3.8) is 0 Å². The fourth-order valence-electron chi connectivity index (χ4n) is 1.76. The SMILES string of the molecule is CCC(C)C(NCc1ccc(Br)cc1Cl)C(=O)OC. The highest BCUT2D eigenvalue weighted by molar-refractivity contribution is 9.10. The van der Waals surface area contributed by atoms with E-state index >= 15 is 0 Å². The third kappa shape index (κ3) is 4.79. The third-order valence-electron chi connectivity index (χ3n) is 3.20. The predicted molar refractivity (Wildman–Crippen MR) is 81.3 cm³/mol. The van der Waals surface area contributed by atoms with Gasteiger partial charge in [0.25, 0.3) is 0 Å². The van der Waals surface area contributed by atoms with Crippen molar-refractivity contribution < 1.29 is 9.53 Å². The van der Waals surface area contributed by atoms with E-state index < -0.39 is 0 Å². The van der Waals surface area contributed by atoms with Crippen molar-refractivity contribution in [3.8, 4) is 0 Å². The second kappa shape index (κ2) is 7.88. The molecule has 0 radical (unpaired) electrons. The van der Waals surface area contributed by atoms with Crippen molar-refractivity contribution in [2.45, 2.75) is 32.9 Å². The molecule has 2 unspecified atom stereocenters. The molecule has 19 heavy (non-hydrogen) atoms. The summed E-state index contributed by atoms with van der Waals surface area (Å²) in [6.07, 6.45) is 0.904. The Labute approximate surface area is 127 Å². The van der Waals surface area contributed by atoms with Crippen LogP contribution in [0.1, 0.15) is 25.8 Å². The average Bonchev–Trinajstić information content (AvgIpc) is 2.40. The Morgan fingerprint density at radius 1 is 1.53 bits per heavy atom. The monoisotopic (exact) mass is 347 g/mol. The van der Waals surface area contributed by atoms with E-state index in [1.54, 1.807) is 0 Å². The van der Waals surface area contributed by atoms with Crippen LogP contribution in [0.15, 0.2) is 22.7 Å². The normalized spacial score (nSPS) is 13.9. The maximum absolute atomic E-state index is 11.7. The Balaban J connectivity index is 2.73. The summed E-state index contributed by atoms with van der Waals surface area (Å²) in [6.45, 7) is 4.61. The van der Waals surface area contributed by atoms with E-state index in [4.69, 9.17) is 16.3 Å². The molecule has 2 atom stereocenters. The molecular formula is C14H19BrClNO2. The smallest absolute Gasteiger partial charge is 0.323 e. The van der Waals surface area contributed by atoms with Crippen molar-refractivity contribution in [3.05, 3.63) is 33.3 Å². The second-order valence-electron chi connectivity index (χ2n) is 4.50. The molecule has 106 valence electrons. The molecule has 0 saturated carbocycles. The minimum Gasteiger partial charge on any atom is -0.468 e. The summed E-state index contributed by atoms with van der Waals surface area (Å²) in [5, 5.41) is 3.90. The first-order valence-electron chi connectivity index (χ1n) is 6.24. The van der Waals surface area contributed by atoms with E-state index in [0.29, 0.717) is 11.6 Å². The maximum Gasteiger partial charge on any atom is 0.323 e. The molecule has 1 aromatic carbocycles. The lowest BCUT2D eigenvalue weighted by Crippen LogP contribution is -2.42. The summed E-state index contributed by atoms with van der Waals surface area (Å²) >= 11 is 9.52. The highest BCUT2D eigenvalue weighted by Crippen LogP contribution is 2.21. The molecule has 0 bridgehead atoms. The molecule has 0 aliphatic carbocycles. The minimum absolute atomic E-state index is 0.210. The molecule has 5 heteroatoms. The zero-order valence-electron chi connectivity index (χ0n) is 11.4. The van der Waals surface area contributed by atoms with Gasteiger partial charge in [0.15, 0.2) is 0 Å². The minimum atomic E-state index is -0.310. The highest BCUT2D eigenvalue weighted by atomic mass is 79.9. The first-order chi connectivity index (χ1) is 8.99. The number of methoxy groups -OCH3 is 1. The molecule has 0 fully saturated rings. The van der Waals surface area contributed by atoms with E-state index in [2.05, 4.69) is 28.2 Å². The fourth-order valence-corrected chi connectivity index (χ4v) is 2.50. The number of nitrogens with one attached hydrogen (secondary N) is 1. The number of carbonyl (C=O) groups is 1. The van der Waals surface area contributed by atoms with Gasteiger partial charge in [-0.2, -0.15) is 0 Å². The second-order valence-corrected chi connectivity index (χ2v) is 5.83. The lowest BCUT2D eigenvalue weighted by atomic mass is 9.99. The lowest BCUT2D eigenvalue weighted by Gasteiger charge is -2.22. The van der Waals surface area contributed by atoms with Crippen LogP contribution in [0.25, 0.3) is 0 Å². The molecule has 0 heterocycles. The van der Waals surface area contributed by atoms with Gasteiger partial charge in [0, 0.05) is 16.0 Å². The number of carbonyl (C=O) groups excluding carboxylic acids is 1. The molecule has 1 rings (SSSR count). The van der Waals surface area contributed by atoms with Gasteiger partial charge in [-0.05, 0) is 23.6 Å². The molecule has 0 spiro atoms. The summed E-state index contributed by atoms with van der Waals surface area (Å²) in [5.41, 5.74) is 0.960. The van der Waals surface area contributed by atoms with Gasteiger partial charge in [0.2, 0.25) is 0 Å². The molecular weight excluding hydrogens is 330 g/mol. The maximum atomic E-state index is 11.7. The zero-order chi connectivity index (χ0) is 14.4. The van der Waals surface area contributed by atoms with Crippen LogP contribution in [0, 0.1) is 5.92 Å². The number of rotatable bonds is 6. The van der Waals surface area contributed by atoms with Gasteiger partial charge in [0.05, 0.1) is 7.11 Å². The van der Waals surface area contributed by atoms with Crippen LogP contribution < -0.4 is 5.32 Å². The van der Waals surface area contributed by atoms with Gasteiger partial charge in [-0.3, -0.25) is 4.79 Å². The van der Waals surface area contributed by atoms with Gasteiger partial charge in [-0.25, -0.2) is 0 Å². The van der Waals surface area contributed by atoms with Gasteiger partial charge < -0.3 is 10.1 Å². The zero-order valence-corrected chi connectivity index (χ0v) is 13.7. The van der Waals surface area contributed by atoms with E-state index in [0.717, 1.165) is 16.5 Å². The molecule has 0 aliphatic rings. The summed E-state index contributed by atoms with van der Waals surface area (Å²) in [6, 6.07) is 5.40. The van der Waals surface area contributed by atoms with Crippen LogP contribution in [-0.2, 0) is 16.1 Å². The Morgan fingerprint density at radius 2 is 2.21 bits per heavy atom. The Morgan fingerprint density at radius 3 is 2.74 bits per heavy atom. The van der Waals surface area contributed by atoms with Gasteiger partial charge in [0.1, 0.15) is 6.04 Å². The molecule has 1 N–H and O–H groups in total. The first-order valence-corrected chi connectivity index (χ1v) is 7.41. The average molecular weight is 349 g/mol. The van der Waals surface area contributed by atoms with Gasteiger partial charge in [-0.15, -0.1) is 0 Å². The molecule has 0 saturated heterocycles. The van der Waals surface area contributed by atoms with Crippen LogP contribution in [0.2, 0.25) is 5.02 Å². The highest BCUT2D eigenvalue weighted by Gasteiger charge is 2.24. The molecule has 1 aromatic rings. The number of hydrogen-bond donors (Lipinski definition) is 1. The van der Waals surface area contributed by atoms with Crippen molar-refractivity contribution >= 4 is 33.5 Å². The number of halogens is 2. The Hall–Kier alpha value is -0.580. The summed E-state index contributed by atoms with van der Waals surface area (Å²) in [5.74, 6) is -0.0238. The van der Waals surface area contributed by atoms with Gasteiger partial charge >= 0.3 is 5.97 Å². The van der Waals surface area contributed by atoms with Crippen LogP contribution in [0.5, 0.6) is 0 Å². The quantitative estimate of drug-likeness (QED) is 0.795. The Bertz CT molecular complexity index is 439. The van der Waals surface area contributed by atoms with Crippen molar-refractivity contribution in [1.82, 2.24) is 5.32 Å². The van der Waals surface area contributed by atoms with E-state index in [-0.39, 0.29) is 17.9 Å². The van der Waals surface area contributed by atoms with E-state index in [1.807, 2.05) is 25.1 Å². The molecule has 3 nitrogen and oxygen atoms in total. The van der Waals surface area contributed by atoms with E-state index in [9.17, 15) is 4.79 Å². The molecule has 0 amide bonds. The molecule has 0 aliphatic heterocycles. The van der Waals surface area contributed by atoms with Crippen molar-refractivity contribution in [1.29, 1.82) is 0 Å². The van der Waals surface area contributed by atoms with Crippen LogP contribution in [-0.4, -0.2) is 19.1 Å². The summed E-state index contributed by atoms with van der Waals surface area (Å²) in [7, 11) is 1.41. The van der Waals surface area contributed by atoms with Crippen molar-refractivity contribution in [2.24, 2.45) is 5.92 Å². The van der Waals surface area contributed by atoms with E-state index in [1.165, 1.54) is 7.11 Å². The number of hydrogen-bond acceptors (Lipinski definition) is 3. The standard InChI is InChI=1S/C14H19BrClNO2/c1-4-9(2)13(14(18)19-3)17-8-10-5-6-11(15)7-12(10)16/h5-7,9,13,17H,4,8H2,1-3H3. The Kier molecular flexibility index (Phi) is 6.83. The lowest BCUT2D eigenvalue weighted by molar-refractivity contribution is -0.144. The molecule has 0 aromatic heterocycles.